The van der Waals surface area contributed by atoms with E-state index in [1.807, 2.05) is 4.90 Å². The van der Waals surface area contributed by atoms with Crippen LogP contribution in [0.25, 0.3) is 0 Å². The number of amides is 1. The number of carbonyl (C=O) groups is 2. The summed E-state index contributed by atoms with van der Waals surface area (Å²) in [7, 11) is 0. The molecule has 1 aliphatic carbocycles. The lowest BCUT2D eigenvalue weighted by Crippen LogP contribution is -2.40. The number of carboxylic acids is 1. The number of carboxylic acid groups (broad SMARTS) is 1. The number of hydrogen-bond acceptors (Lipinski definition) is 2. The van der Waals surface area contributed by atoms with Crippen molar-refractivity contribution in [2.75, 3.05) is 11.4 Å². The predicted octanol–water partition coefficient (Wildman–Crippen LogP) is 3.24. The molecule has 0 atom stereocenters. The first-order chi connectivity index (χ1) is 10.2. The summed E-state index contributed by atoms with van der Waals surface area (Å²) < 4.78 is 0. The van der Waals surface area contributed by atoms with Crippen LogP contribution >= 0.6 is 0 Å². The van der Waals surface area contributed by atoms with Gasteiger partial charge < -0.3 is 10.0 Å². The van der Waals surface area contributed by atoms with Gasteiger partial charge in [0.05, 0.1) is 5.56 Å². The maximum Gasteiger partial charge on any atom is 0.335 e. The highest BCUT2D eigenvalue weighted by Crippen LogP contribution is 2.32. The molecule has 0 aromatic heterocycles. The van der Waals surface area contributed by atoms with Gasteiger partial charge in [0, 0.05) is 18.2 Å². The van der Waals surface area contributed by atoms with E-state index in [4.69, 9.17) is 5.11 Å². The van der Waals surface area contributed by atoms with E-state index in [2.05, 4.69) is 0 Å². The summed E-state index contributed by atoms with van der Waals surface area (Å²) in [5.74, 6) is -0.517. The molecule has 1 amide bonds. The number of aryl methyl sites for hydroxylation is 1. The first kappa shape index (κ1) is 14.1. The molecule has 0 saturated heterocycles. The molecular formula is C17H21NO3. The van der Waals surface area contributed by atoms with E-state index in [0.717, 1.165) is 56.3 Å². The van der Waals surface area contributed by atoms with Gasteiger partial charge in [0.1, 0.15) is 0 Å². The average molecular weight is 287 g/mol. The van der Waals surface area contributed by atoms with E-state index in [-0.39, 0.29) is 11.8 Å². The van der Waals surface area contributed by atoms with Crippen molar-refractivity contribution in [3.8, 4) is 0 Å². The topological polar surface area (TPSA) is 57.6 Å². The smallest absolute Gasteiger partial charge is 0.335 e. The van der Waals surface area contributed by atoms with E-state index >= 15 is 0 Å². The van der Waals surface area contributed by atoms with Gasteiger partial charge in [-0.1, -0.05) is 19.3 Å². The summed E-state index contributed by atoms with van der Waals surface area (Å²) in [6.07, 6.45) is 7.29. The number of nitrogens with zero attached hydrogens (tertiary/aromatic N) is 1. The van der Waals surface area contributed by atoms with E-state index in [9.17, 15) is 9.59 Å². The summed E-state index contributed by atoms with van der Waals surface area (Å²) in [5.41, 5.74) is 2.22. The minimum absolute atomic E-state index is 0.156. The largest absolute Gasteiger partial charge is 0.478 e. The van der Waals surface area contributed by atoms with Crippen molar-refractivity contribution in [2.45, 2.75) is 44.9 Å². The molecule has 4 heteroatoms. The molecule has 1 aromatic carbocycles. The van der Waals surface area contributed by atoms with E-state index < -0.39 is 5.97 Å². The maximum atomic E-state index is 12.7. The molecule has 1 fully saturated rings. The van der Waals surface area contributed by atoms with E-state index in [0.29, 0.717) is 5.56 Å². The molecule has 0 radical (unpaired) electrons. The molecule has 1 heterocycles. The highest BCUT2D eigenvalue weighted by Gasteiger charge is 2.29. The second kappa shape index (κ2) is 5.88. The molecule has 4 nitrogen and oxygen atoms in total. The average Bonchev–Trinajstić information content (AvgIpc) is 2.54. The number of carbonyl (C=O) groups excluding carboxylic acids is 1. The molecule has 2 aliphatic rings. The van der Waals surface area contributed by atoms with Crippen LogP contribution in [0.15, 0.2) is 18.2 Å². The van der Waals surface area contributed by atoms with Gasteiger partial charge in [0.25, 0.3) is 0 Å². The van der Waals surface area contributed by atoms with Crippen LogP contribution in [0.2, 0.25) is 0 Å². The van der Waals surface area contributed by atoms with Gasteiger partial charge >= 0.3 is 5.97 Å². The zero-order valence-electron chi connectivity index (χ0n) is 12.2. The summed E-state index contributed by atoms with van der Waals surface area (Å²) in [6.45, 7) is 0.759. The van der Waals surface area contributed by atoms with Crippen molar-refractivity contribution in [3.63, 3.8) is 0 Å². The first-order valence-electron chi connectivity index (χ1n) is 7.84. The summed E-state index contributed by atoms with van der Waals surface area (Å²) in [6, 6.07) is 5.13. The van der Waals surface area contributed by atoms with E-state index in [1.54, 1.807) is 18.2 Å². The Balaban J connectivity index is 1.86. The fourth-order valence-electron chi connectivity index (χ4n) is 3.53. The zero-order valence-corrected chi connectivity index (χ0v) is 12.2. The van der Waals surface area contributed by atoms with Crippen LogP contribution in [-0.2, 0) is 11.2 Å². The SMILES string of the molecule is O=C(O)c1ccc2c(c1)CCCN2C(=O)C1CCCCC1. The lowest BCUT2D eigenvalue weighted by Gasteiger charge is -2.33. The molecule has 21 heavy (non-hydrogen) atoms. The number of anilines is 1. The van der Waals surface area contributed by atoms with Crippen LogP contribution in [0.1, 0.15) is 54.4 Å². The second-order valence-electron chi connectivity index (χ2n) is 6.08. The predicted molar refractivity (Wildman–Crippen MR) is 80.7 cm³/mol. The van der Waals surface area contributed by atoms with Gasteiger partial charge in [-0.15, -0.1) is 0 Å². The fourth-order valence-corrected chi connectivity index (χ4v) is 3.53. The third-order valence-corrected chi connectivity index (χ3v) is 4.67. The van der Waals surface area contributed by atoms with Gasteiger partial charge in [-0.2, -0.15) is 0 Å². The number of hydrogen-bond donors (Lipinski definition) is 1. The Morgan fingerprint density at radius 2 is 1.86 bits per heavy atom. The fraction of sp³-hybridized carbons (Fsp3) is 0.529. The Labute approximate surface area is 124 Å². The van der Waals surface area contributed by atoms with Crippen molar-refractivity contribution in [1.29, 1.82) is 0 Å². The van der Waals surface area contributed by atoms with Gasteiger partial charge in [0.2, 0.25) is 5.91 Å². The molecule has 3 rings (SSSR count). The van der Waals surface area contributed by atoms with E-state index in [1.165, 1.54) is 6.42 Å². The van der Waals surface area contributed by atoms with Crippen molar-refractivity contribution in [1.82, 2.24) is 0 Å². The minimum atomic E-state index is -0.909. The van der Waals surface area contributed by atoms with Crippen LogP contribution in [-0.4, -0.2) is 23.5 Å². The lowest BCUT2D eigenvalue weighted by molar-refractivity contribution is -0.123. The Bertz CT molecular complexity index is 561. The summed E-state index contributed by atoms with van der Waals surface area (Å²) in [5, 5.41) is 9.08. The normalized spacial score (nSPS) is 19.1. The molecule has 1 aromatic rings. The van der Waals surface area contributed by atoms with Gasteiger partial charge in [-0.05, 0) is 49.4 Å². The Kier molecular flexibility index (Phi) is 3.95. The Morgan fingerprint density at radius 1 is 1.10 bits per heavy atom. The number of rotatable bonds is 2. The Morgan fingerprint density at radius 3 is 2.57 bits per heavy atom. The van der Waals surface area contributed by atoms with Crippen molar-refractivity contribution in [3.05, 3.63) is 29.3 Å². The van der Waals surface area contributed by atoms with Crippen LogP contribution < -0.4 is 4.90 Å². The van der Waals surface area contributed by atoms with Gasteiger partial charge in [-0.3, -0.25) is 4.79 Å². The first-order valence-corrected chi connectivity index (χ1v) is 7.84. The molecule has 0 bridgehead atoms. The molecule has 1 saturated carbocycles. The quantitative estimate of drug-likeness (QED) is 0.908. The van der Waals surface area contributed by atoms with Gasteiger partial charge in [0.15, 0.2) is 0 Å². The van der Waals surface area contributed by atoms with Crippen molar-refractivity contribution in [2.24, 2.45) is 5.92 Å². The van der Waals surface area contributed by atoms with Crippen molar-refractivity contribution >= 4 is 17.6 Å². The highest BCUT2D eigenvalue weighted by molar-refractivity contribution is 5.97. The molecule has 0 unspecified atom stereocenters. The zero-order chi connectivity index (χ0) is 14.8. The number of aromatic carboxylic acids is 1. The third kappa shape index (κ3) is 2.80. The maximum absolute atomic E-state index is 12.7. The standard InChI is InChI=1S/C17H21NO3/c19-16(12-5-2-1-3-6-12)18-10-4-7-13-11-14(17(20)21)8-9-15(13)18/h8-9,11-12H,1-7,10H2,(H,20,21). The lowest BCUT2D eigenvalue weighted by atomic mass is 9.87. The molecule has 0 spiro atoms. The van der Waals surface area contributed by atoms with Crippen LogP contribution in [0, 0.1) is 5.92 Å². The van der Waals surface area contributed by atoms with Crippen LogP contribution in [0.3, 0.4) is 0 Å². The van der Waals surface area contributed by atoms with Crippen LogP contribution in [0.5, 0.6) is 0 Å². The van der Waals surface area contributed by atoms with Gasteiger partial charge in [-0.25, -0.2) is 4.79 Å². The molecular weight excluding hydrogens is 266 g/mol. The number of fused-ring (bicyclic) bond motifs is 1. The molecule has 112 valence electrons. The van der Waals surface area contributed by atoms with Crippen molar-refractivity contribution < 1.29 is 14.7 Å². The Hall–Kier alpha value is -1.84. The minimum Gasteiger partial charge on any atom is -0.478 e. The molecule has 1 N–H and O–H groups in total. The second-order valence-corrected chi connectivity index (χ2v) is 6.08. The van der Waals surface area contributed by atoms with Crippen LogP contribution in [0.4, 0.5) is 5.69 Å². The summed E-state index contributed by atoms with van der Waals surface area (Å²) in [4.78, 5) is 25.7. The summed E-state index contributed by atoms with van der Waals surface area (Å²) >= 11 is 0. The monoisotopic (exact) mass is 287 g/mol. The third-order valence-electron chi connectivity index (χ3n) is 4.67. The highest BCUT2D eigenvalue weighted by atomic mass is 16.4. The molecule has 1 aliphatic heterocycles. The number of benzene rings is 1.